The highest BCUT2D eigenvalue weighted by molar-refractivity contribution is 5.59. The van der Waals surface area contributed by atoms with E-state index >= 15 is 0 Å². The van der Waals surface area contributed by atoms with Gasteiger partial charge in [0, 0.05) is 36.7 Å². The molecule has 3 N–H and O–H groups in total. The van der Waals surface area contributed by atoms with Crippen LogP contribution in [-0.2, 0) is 4.74 Å². The van der Waals surface area contributed by atoms with E-state index in [-0.39, 0.29) is 0 Å². The molecule has 17 heavy (non-hydrogen) atoms. The maximum atomic E-state index is 5.79. The number of nitrogens with one attached hydrogen (secondary N) is 1. The lowest BCUT2D eigenvalue weighted by Crippen LogP contribution is -2.26. The first-order valence-electron chi connectivity index (χ1n) is 6.08. The number of hydrogen-bond acceptors (Lipinski definition) is 4. The van der Waals surface area contributed by atoms with Crippen molar-refractivity contribution in [3.63, 3.8) is 0 Å². The lowest BCUT2D eigenvalue weighted by Gasteiger charge is -2.23. The van der Waals surface area contributed by atoms with Gasteiger partial charge in [-0.25, -0.2) is 0 Å². The molecule has 0 bridgehead atoms. The molecule has 0 aromatic heterocycles. The van der Waals surface area contributed by atoms with E-state index in [9.17, 15) is 0 Å². The molecule has 4 heteroatoms. The second-order valence-electron chi connectivity index (χ2n) is 4.36. The molecule has 1 fully saturated rings. The molecule has 1 aromatic rings. The molecule has 0 aliphatic carbocycles. The smallest absolute Gasteiger partial charge is 0.122 e. The topological polar surface area (TPSA) is 56.5 Å². The summed E-state index contributed by atoms with van der Waals surface area (Å²) in [6.45, 7) is 1.71. The summed E-state index contributed by atoms with van der Waals surface area (Å²) < 4.78 is 10.8. The molecule has 94 valence electrons. The second kappa shape index (κ2) is 5.77. The zero-order valence-corrected chi connectivity index (χ0v) is 10.2. The Kier molecular flexibility index (Phi) is 4.09. The minimum Gasteiger partial charge on any atom is -0.497 e. The normalized spacial score (nSPS) is 19.9. The predicted molar refractivity (Wildman–Crippen MR) is 69.5 cm³/mol. The first-order chi connectivity index (χ1) is 8.28. The lowest BCUT2D eigenvalue weighted by atomic mass is 10.1. The molecule has 1 aromatic carbocycles. The maximum Gasteiger partial charge on any atom is 0.122 e. The number of methoxy groups -OCH3 is 1. The summed E-state index contributed by atoms with van der Waals surface area (Å²) in [5.74, 6) is 0.775. The molecular formula is C13H20N2O2. The zero-order valence-electron chi connectivity index (χ0n) is 10.2. The molecule has 1 aliphatic heterocycles. The minimum atomic E-state index is 0.316. The van der Waals surface area contributed by atoms with Gasteiger partial charge in [-0.1, -0.05) is 0 Å². The van der Waals surface area contributed by atoms with E-state index in [4.69, 9.17) is 15.2 Å². The Morgan fingerprint density at radius 2 is 2.29 bits per heavy atom. The van der Waals surface area contributed by atoms with Crippen molar-refractivity contribution >= 4 is 11.4 Å². The average molecular weight is 236 g/mol. The van der Waals surface area contributed by atoms with E-state index in [0.717, 1.165) is 31.0 Å². The molecule has 1 saturated heterocycles. The summed E-state index contributed by atoms with van der Waals surface area (Å²) in [4.78, 5) is 0. The third kappa shape index (κ3) is 3.53. The number of nitrogens with two attached hydrogens (primary N) is 1. The second-order valence-corrected chi connectivity index (χ2v) is 4.36. The monoisotopic (exact) mass is 236 g/mol. The Hall–Kier alpha value is -1.42. The van der Waals surface area contributed by atoms with Gasteiger partial charge in [0.25, 0.3) is 0 Å². The fourth-order valence-corrected chi connectivity index (χ4v) is 2.04. The Morgan fingerprint density at radius 1 is 1.41 bits per heavy atom. The van der Waals surface area contributed by atoms with E-state index in [0.29, 0.717) is 11.8 Å². The summed E-state index contributed by atoms with van der Waals surface area (Å²) >= 11 is 0. The first kappa shape index (κ1) is 12.0. The molecule has 1 unspecified atom stereocenters. The molecule has 1 atom stereocenters. The van der Waals surface area contributed by atoms with Gasteiger partial charge in [-0.15, -0.1) is 0 Å². The van der Waals surface area contributed by atoms with Crippen LogP contribution >= 0.6 is 0 Å². The fourth-order valence-electron chi connectivity index (χ4n) is 2.04. The van der Waals surface area contributed by atoms with Gasteiger partial charge >= 0.3 is 0 Å². The van der Waals surface area contributed by atoms with Crippen molar-refractivity contribution in [2.75, 3.05) is 31.3 Å². The third-order valence-electron chi connectivity index (χ3n) is 2.97. The highest BCUT2D eigenvalue weighted by Gasteiger charge is 2.13. The van der Waals surface area contributed by atoms with Crippen LogP contribution in [0.2, 0.25) is 0 Å². The molecule has 0 amide bonds. The molecular weight excluding hydrogens is 216 g/mol. The van der Waals surface area contributed by atoms with Crippen molar-refractivity contribution in [1.82, 2.24) is 0 Å². The van der Waals surface area contributed by atoms with Crippen LogP contribution in [0.15, 0.2) is 18.2 Å². The Bertz CT molecular complexity index is 362. The fraction of sp³-hybridized carbons (Fsp3) is 0.538. The van der Waals surface area contributed by atoms with E-state index in [1.807, 2.05) is 18.2 Å². The van der Waals surface area contributed by atoms with E-state index in [1.165, 1.54) is 12.8 Å². The quantitative estimate of drug-likeness (QED) is 0.787. The average Bonchev–Trinajstić information content (AvgIpc) is 2.37. The van der Waals surface area contributed by atoms with Gasteiger partial charge in [0.1, 0.15) is 5.75 Å². The van der Waals surface area contributed by atoms with Gasteiger partial charge in [-0.3, -0.25) is 0 Å². The lowest BCUT2D eigenvalue weighted by molar-refractivity contribution is 0.0247. The van der Waals surface area contributed by atoms with Crippen molar-refractivity contribution in [2.45, 2.75) is 25.4 Å². The largest absolute Gasteiger partial charge is 0.497 e. The number of benzene rings is 1. The van der Waals surface area contributed by atoms with Crippen LogP contribution in [0, 0.1) is 0 Å². The number of rotatable bonds is 4. The summed E-state index contributed by atoms with van der Waals surface area (Å²) in [7, 11) is 1.64. The van der Waals surface area contributed by atoms with Gasteiger partial charge in [-0.05, 0) is 25.3 Å². The van der Waals surface area contributed by atoms with E-state index in [2.05, 4.69) is 5.32 Å². The van der Waals surface area contributed by atoms with Crippen LogP contribution < -0.4 is 15.8 Å². The summed E-state index contributed by atoms with van der Waals surface area (Å²) in [6.07, 6.45) is 3.89. The van der Waals surface area contributed by atoms with E-state index < -0.39 is 0 Å². The number of anilines is 2. The SMILES string of the molecule is COc1cc(N)cc(NCC2CCCCO2)c1. The molecule has 0 radical (unpaired) electrons. The van der Waals surface area contributed by atoms with Gasteiger partial charge in [0.05, 0.1) is 13.2 Å². The van der Waals surface area contributed by atoms with Gasteiger partial charge in [0.15, 0.2) is 0 Å². The van der Waals surface area contributed by atoms with Crippen molar-refractivity contribution in [3.8, 4) is 5.75 Å². The standard InChI is InChI=1S/C13H20N2O2/c1-16-13-7-10(14)6-11(8-13)15-9-12-4-2-3-5-17-12/h6-8,12,15H,2-5,9,14H2,1H3. The van der Waals surface area contributed by atoms with Crippen molar-refractivity contribution in [1.29, 1.82) is 0 Å². The number of nitrogen functional groups attached to an aromatic ring is 1. The van der Waals surface area contributed by atoms with Crippen molar-refractivity contribution in [3.05, 3.63) is 18.2 Å². The van der Waals surface area contributed by atoms with E-state index in [1.54, 1.807) is 7.11 Å². The van der Waals surface area contributed by atoms with Crippen LogP contribution in [0.3, 0.4) is 0 Å². The highest BCUT2D eigenvalue weighted by atomic mass is 16.5. The predicted octanol–water partition coefficient (Wildman–Crippen LogP) is 2.26. The van der Waals surface area contributed by atoms with Gasteiger partial charge < -0.3 is 20.5 Å². The summed E-state index contributed by atoms with van der Waals surface area (Å²) in [5, 5.41) is 3.34. The van der Waals surface area contributed by atoms with Crippen LogP contribution in [0.5, 0.6) is 5.75 Å². The van der Waals surface area contributed by atoms with Crippen LogP contribution in [-0.4, -0.2) is 26.4 Å². The van der Waals surface area contributed by atoms with Gasteiger partial charge in [0.2, 0.25) is 0 Å². The third-order valence-corrected chi connectivity index (χ3v) is 2.97. The van der Waals surface area contributed by atoms with Crippen LogP contribution in [0.25, 0.3) is 0 Å². The van der Waals surface area contributed by atoms with Crippen molar-refractivity contribution < 1.29 is 9.47 Å². The van der Waals surface area contributed by atoms with Crippen LogP contribution in [0.1, 0.15) is 19.3 Å². The highest BCUT2D eigenvalue weighted by Crippen LogP contribution is 2.22. The minimum absolute atomic E-state index is 0.316. The first-order valence-corrected chi connectivity index (χ1v) is 6.08. The Balaban J connectivity index is 1.91. The molecule has 1 heterocycles. The summed E-state index contributed by atoms with van der Waals surface area (Å²) in [6, 6.07) is 5.66. The van der Waals surface area contributed by atoms with Crippen molar-refractivity contribution in [2.24, 2.45) is 0 Å². The van der Waals surface area contributed by atoms with Gasteiger partial charge in [-0.2, -0.15) is 0 Å². The molecule has 0 saturated carbocycles. The van der Waals surface area contributed by atoms with Crippen LogP contribution in [0.4, 0.5) is 11.4 Å². The molecule has 1 aliphatic rings. The Morgan fingerprint density at radius 3 is 3.00 bits per heavy atom. The summed E-state index contributed by atoms with van der Waals surface area (Å²) in [5.41, 5.74) is 7.48. The molecule has 0 spiro atoms. The molecule has 2 rings (SSSR count). The maximum absolute atomic E-state index is 5.79. The Labute approximate surface area is 102 Å². The number of ether oxygens (including phenoxy) is 2. The number of hydrogen-bond donors (Lipinski definition) is 2. The molecule has 4 nitrogen and oxygen atoms in total. The zero-order chi connectivity index (χ0) is 12.1.